The van der Waals surface area contributed by atoms with E-state index in [0.29, 0.717) is 11.3 Å². The Morgan fingerprint density at radius 2 is 1.79 bits per heavy atom. The highest BCUT2D eigenvalue weighted by molar-refractivity contribution is 7.92. The Bertz CT molecular complexity index is 1100. The van der Waals surface area contributed by atoms with Gasteiger partial charge in [0.25, 0.3) is 10.0 Å². The number of ether oxygens (including phenoxy) is 1. The van der Waals surface area contributed by atoms with E-state index >= 15 is 0 Å². The third-order valence-electron chi connectivity index (χ3n) is 3.60. The lowest BCUT2D eigenvalue weighted by molar-refractivity contribution is 0.392. The first-order valence-electron chi connectivity index (χ1n) is 7.94. The molecule has 3 rings (SSSR count). The predicted molar refractivity (Wildman–Crippen MR) is 103 cm³/mol. The Kier molecular flexibility index (Phi) is 5.41. The zero-order valence-electron chi connectivity index (χ0n) is 14.6. The number of rotatable bonds is 6. The minimum atomic E-state index is -3.84. The second kappa shape index (κ2) is 7.92. The van der Waals surface area contributed by atoms with Crippen LogP contribution in [0.2, 0.25) is 0 Å². The molecular formula is C18H16N4O5S. The molecule has 0 spiro atoms. The summed E-state index contributed by atoms with van der Waals surface area (Å²) in [6.45, 7) is 0. The van der Waals surface area contributed by atoms with E-state index < -0.39 is 10.0 Å². The Balaban J connectivity index is 1.74. The Hall–Kier alpha value is -3.66. The number of aliphatic imine (C=N–C) groups is 1. The third-order valence-corrected chi connectivity index (χ3v) is 4.97. The van der Waals surface area contributed by atoms with Crippen LogP contribution in [-0.2, 0) is 10.0 Å². The molecule has 0 atom stereocenters. The number of methoxy groups -OCH3 is 1. The van der Waals surface area contributed by atoms with Gasteiger partial charge in [-0.25, -0.2) is 8.42 Å². The van der Waals surface area contributed by atoms with Crippen LogP contribution in [0.3, 0.4) is 0 Å². The van der Waals surface area contributed by atoms with E-state index in [0.717, 1.165) is 0 Å². The molecule has 1 aromatic heterocycles. The van der Waals surface area contributed by atoms with Gasteiger partial charge in [-0.1, -0.05) is 0 Å². The number of hydrogen-bond donors (Lipinski definition) is 3. The molecule has 3 N–H and O–H groups in total. The summed E-state index contributed by atoms with van der Waals surface area (Å²) in [6, 6.07) is 12.9. The van der Waals surface area contributed by atoms with Crippen molar-refractivity contribution in [2.45, 2.75) is 4.90 Å². The molecule has 0 unspecified atom stereocenters. The van der Waals surface area contributed by atoms with E-state index in [1.807, 2.05) is 0 Å². The summed E-state index contributed by atoms with van der Waals surface area (Å²) in [7, 11) is -2.41. The maximum atomic E-state index is 12.4. The van der Waals surface area contributed by atoms with Crippen LogP contribution in [0.5, 0.6) is 17.4 Å². The van der Waals surface area contributed by atoms with Gasteiger partial charge in [0, 0.05) is 23.9 Å². The molecule has 28 heavy (non-hydrogen) atoms. The first-order chi connectivity index (χ1) is 13.4. The summed E-state index contributed by atoms with van der Waals surface area (Å²) < 4.78 is 32.0. The minimum Gasteiger partial charge on any atom is -0.508 e. The topological polar surface area (TPSA) is 134 Å². The number of nitrogens with zero attached hydrogens (tertiary/aromatic N) is 3. The van der Waals surface area contributed by atoms with Crippen LogP contribution in [0.1, 0.15) is 5.56 Å². The van der Waals surface area contributed by atoms with Gasteiger partial charge in [0.1, 0.15) is 11.5 Å². The van der Waals surface area contributed by atoms with Gasteiger partial charge in [-0.3, -0.25) is 9.71 Å². The number of nitrogens with one attached hydrogen (secondary N) is 1. The molecule has 0 bridgehead atoms. The van der Waals surface area contributed by atoms with E-state index in [1.54, 1.807) is 0 Å². The maximum absolute atomic E-state index is 12.4. The maximum Gasteiger partial charge on any atom is 0.263 e. The molecule has 0 amide bonds. The van der Waals surface area contributed by atoms with E-state index in [1.165, 1.54) is 67.9 Å². The lowest BCUT2D eigenvalue weighted by Gasteiger charge is -2.07. The summed E-state index contributed by atoms with van der Waals surface area (Å²) in [5, 5.41) is 26.4. The first-order valence-corrected chi connectivity index (χ1v) is 9.42. The van der Waals surface area contributed by atoms with Crippen molar-refractivity contribution in [2.24, 2.45) is 4.99 Å². The van der Waals surface area contributed by atoms with Gasteiger partial charge in [0.15, 0.2) is 5.82 Å². The number of phenols is 2. The molecule has 9 nitrogen and oxygen atoms in total. The molecule has 3 aromatic rings. The van der Waals surface area contributed by atoms with Gasteiger partial charge >= 0.3 is 0 Å². The number of hydrogen-bond acceptors (Lipinski definition) is 8. The summed E-state index contributed by atoms with van der Waals surface area (Å²) in [6.07, 6.45) is 1.41. The molecule has 144 valence electrons. The van der Waals surface area contributed by atoms with Gasteiger partial charge in [0.05, 0.1) is 17.7 Å². The molecule has 0 saturated heterocycles. The standard InChI is InChI=1S/C18H16N4O5S/c1-27-18-9-8-17(20-21-18)22-28(25,26)15-6-3-13(4-7-15)19-11-12-2-5-14(23)10-16(12)24/h2-11,23-24H,1H3,(H,20,22). The van der Waals surface area contributed by atoms with Crippen LogP contribution >= 0.6 is 0 Å². The third kappa shape index (κ3) is 4.54. The van der Waals surface area contributed by atoms with E-state index in [4.69, 9.17) is 4.74 Å². The minimum absolute atomic E-state index is 0.0246. The fourth-order valence-corrected chi connectivity index (χ4v) is 3.17. The van der Waals surface area contributed by atoms with E-state index in [9.17, 15) is 18.6 Å². The van der Waals surface area contributed by atoms with Crippen LogP contribution in [0.4, 0.5) is 11.5 Å². The highest BCUT2D eigenvalue weighted by Gasteiger charge is 2.15. The number of phenolic OH excluding ortho intramolecular Hbond substituents is 2. The zero-order valence-corrected chi connectivity index (χ0v) is 15.5. The molecule has 0 saturated carbocycles. The van der Waals surface area contributed by atoms with Crippen molar-refractivity contribution in [2.75, 3.05) is 11.8 Å². The predicted octanol–water partition coefficient (Wildman–Crippen LogP) is 2.45. The van der Waals surface area contributed by atoms with Crippen LogP contribution in [0.15, 0.2) is 64.5 Å². The molecule has 0 aliphatic heterocycles. The Morgan fingerprint density at radius 1 is 1.04 bits per heavy atom. The van der Waals surface area contributed by atoms with Gasteiger partial charge in [-0.05, 0) is 42.5 Å². The highest BCUT2D eigenvalue weighted by Crippen LogP contribution is 2.23. The van der Waals surface area contributed by atoms with Crippen molar-refractivity contribution in [3.8, 4) is 17.4 Å². The molecule has 0 aliphatic rings. The van der Waals surface area contributed by atoms with Crippen molar-refractivity contribution >= 4 is 27.7 Å². The molecule has 10 heteroatoms. The first kappa shape index (κ1) is 19.1. The van der Waals surface area contributed by atoms with Crippen LogP contribution < -0.4 is 9.46 Å². The summed E-state index contributed by atoms with van der Waals surface area (Å²) >= 11 is 0. The normalized spacial score (nSPS) is 11.5. The molecule has 2 aromatic carbocycles. The van der Waals surface area contributed by atoms with Crippen molar-refractivity contribution in [3.05, 3.63) is 60.2 Å². The van der Waals surface area contributed by atoms with Gasteiger partial charge in [-0.2, -0.15) is 0 Å². The lowest BCUT2D eigenvalue weighted by atomic mass is 10.2. The van der Waals surface area contributed by atoms with Crippen LogP contribution in [-0.4, -0.2) is 42.2 Å². The summed E-state index contributed by atoms with van der Waals surface area (Å²) in [5.41, 5.74) is 0.893. The zero-order chi connectivity index (χ0) is 20.1. The molecule has 0 fully saturated rings. The average Bonchev–Trinajstić information content (AvgIpc) is 2.68. The number of sulfonamides is 1. The van der Waals surface area contributed by atoms with Gasteiger partial charge < -0.3 is 14.9 Å². The van der Waals surface area contributed by atoms with Crippen molar-refractivity contribution < 1.29 is 23.4 Å². The monoisotopic (exact) mass is 400 g/mol. The number of anilines is 1. The Labute approximate surface area is 161 Å². The molecule has 1 heterocycles. The summed E-state index contributed by atoms with van der Waals surface area (Å²) in [5.74, 6) is 0.154. The quantitative estimate of drug-likeness (QED) is 0.541. The van der Waals surface area contributed by atoms with Crippen molar-refractivity contribution in [3.63, 3.8) is 0 Å². The molecule has 0 aliphatic carbocycles. The van der Waals surface area contributed by atoms with Crippen LogP contribution in [0.25, 0.3) is 0 Å². The number of benzene rings is 2. The van der Waals surface area contributed by atoms with Gasteiger partial charge in [-0.15, -0.1) is 10.2 Å². The highest BCUT2D eigenvalue weighted by atomic mass is 32.2. The van der Waals surface area contributed by atoms with Crippen molar-refractivity contribution in [1.82, 2.24) is 10.2 Å². The Morgan fingerprint density at radius 3 is 2.39 bits per heavy atom. The van der Waals surface area contributed by atoms with E-state index in [-0.39, 0.29) is 28.1 Å². The largest absolute Gasteiger partial charge is 0.508 e. The second-order valence-corrected chi connectivity index (χ2v) is 7.24. The van der Waals surface area contributed by atoms with Gasteiger partial charge in [0.2, 0.25) is 5.88 Å². The SMILES string of the molecule is COc1ccc(NS(=O)(=O)c2ccc(N=Cc3ccc(O)cc3O)cc2)nn1. The fourth-order valence-electron chi connectivity index (χ4n) is 2.18. The lowest BCUT2D eigenvalue weighted by Crippen LogP contribution is -2.14. The number of aromatic nitrogens is 2. The molecular weight excluding hydrogens is 384 g/mol. The summed E-state index contributed by atoms with van der Waals surface area (Å²) in [4.78, 5) is 4.20. The van der Waals surface area contributed by atoms with E-state index in [2.05, 4.69) is 19.9 Å². The van der Waals surface area contributed by atoms with Crippen molar-refractivity contribution in [1.29, 1.82) is 0 Å². The fraction of sp³-hybridized carbons (Fsp3) is 0.0556. The smallest absolute Gasteiger partial charge is 0.263 e. The van der Waals surface area contributed by atoms with Crippen LogP contribution in [0, 0.1) is 0 Å². The second-order valence-electron chi connectivity index (χ2n) is 5.56. The molecule has 0 radical (unpaired) electrons. The average molecular weight is 400 g/mol. The number of aromatic hydroxyl groups is 2.